The van der Waals surface area contributed by atoms with Gasteiger partial charge >= 0.3 is 0 Å². The van der Waals surface area contributed by atoms with Crippen LogP contribution in [0, 0.1) is 10.7 Å². The van der Waals surface area contributed by atoms with E-state index < -0.39 is 0 Å². The lowest BCUT2D eigenvalue weighted by Crippen LogP contribution is -2.11. The van der Waals surface area contributed by atoms with E-state index in [1.807, 2.05) is 4.57 Å². The van der Waals surface area contributed by atoms with Crippen LogP contribution in [0.15, 0.2) is 17.1 Å². The number of H-pyrrole nitrogens is 1. The molecule has 1 rings (SSSR count). The second kappa shape index (κ2) is 5.10. The molecule has 3 nitrogen and oxygen atoms in total. The average molecular weight is 212 g/mol. The summed E-state index contributed by atoms with van der Waals surface area (Å²) in [5.41, 5.74) is -0.130. The third-order valence-electron chi connectivity index (χ3n) is 2.08. The monoisotopic (exact) mass is 212 g/mol. The van der Waals surface area contributed by atoms with E-state index in [1.54, 1.807) is 6.20 Å². The van der Waals surface area contributed by atoms with Crippen molar-refractivity contribution in [3.05, 3.63) is 27.4 Å². The molecule has 1 heterocycles. The van der Waals surface area contributed by atoms with Gasteiger partial charge in [-0.15, -0.1) is 0 Å². The lowest BCUT2D eigenvalue weighted by molar-refractivity contribution is 0.505. The highest BCUT2D eigenvalue weighted by atomic mass is 32.1. The molecule has 0 aliphatic rings. The van der Waals surface area contributed by atoms with Gasteiger partial charge in [0.25, 0.3) is 5.56 Å². The highest BCUT2D eigenvalue weighted by molar-refractivity contribution is 7.71. The van der Waals surface area contributed by atoms with E-state index in [1.165, 1.54) is 12.5 Å². The fraction of sp³-hybridized carbons (Fsp3) is 0.600. The van der Waals surface area contributed by atoms with Crippen molar-refractivity contribution in [2.24, 2.45) is 5.92 Å². The normalized spacial score (nSPS) is 10.8. The van der Waals surface area contributed by atoms with Crippen molar-refractivity contribution in [2.45, 2.75) is 33.2 Å². The number of hydrogen-bond acceptors (Lipinski definition) is 2. The van der Waals surface area contributed by atoms with Crippen LogP contribution in [0.25, 0.3) is 0 Å². The Balaban J connectivity index is 2.60. The summed E-state index contributed by atoms with van der Waals surface area (Å²) in [6.45, 7) is 5.28. The quantitative estimate of drug-likeness (QED) is 0.778. The minimum Gasteiger partial charge on any atom is -0.325 e. The molecule has 0 saturated carbocycles. The molecular formula is C10H16N2OS. The molecule has 0 bridgehead atoms. The fourth-order valence-corrected chi connectivity index (χ4v) is 1.54. The van der Waals surface area contributed by atoms with E-state index in [-0.39, 0.29) is 5.56 Å². The Morgan fingerprint density at radius 3 is 2.86 bits per heavy atom. The van der Waals surface area contributed by atoms with Crippen molar-refractivity contribution in [1.29, 1.82) is 0 Å². The molecule has 0 unspecified atom stereocenters. The minimum atomic E-state index is -0.130. The third kappa shape index (κ3) is 3.46. The van der Waals surface area contributed by atoms with Crippen LogP contribution in [0.2, 0.25) is 0 Å². The van der Waals surface area contributed by atoms with Crippen molar-refractivity contribution < 1.29 is 0 Å². The Kier molecular flexibility index (Phi) is 4.07. The number of nitrogens with zero attached hydrogens (tertiary/aromatic N) is 1. The van der Waals surface area contributed by atoms with Gasteiger partial charge in [-0.05, 0) is 31.0 Å². The molecule has 0 aliphatic heterocycles. The molecule has 0 aromatic carbocycles. The molecule has 1 aromatic rings. The van der Waals surface area contributed by atoms with Gasteiger partial charge in [-0.25, -0.2) is 0 Å². The van der Waals surface area contributed by atoms with Crippen LogP contribution in [0.1, 0.15) is 26.7 Å². The summed E-state index contributed by atoms with van der Waals surface area (Å²) in [6.07, 6.45) is 4.03. The summed E-state index contributed by atoms with van der Waals surface area (Å²) in [5, 5.41) is 0. The van der Waals surface area contributed by atoms with E-state index in [0.717, 1.165) is 13.0 Å². The van der Waals surface area contributed by atoms with Crippen LogP contribution < -0.4 is 5.56 Å². The molecule has 1 aromatic heterocycles. The van der Waals surface area contributed by atoms with E-state index in [9.17, 15) is 4.79 Å². The molecule has 4 heteroatoms. The van der Waals surface area contributed by atoms with E-state index >= 15 is 0 Å². The third-order valence-corrected chi connectivity index (χ3v) is 2.41. The molecule has 1 N–H and O–H groups in total. The molecule has 0 radical (unpaired) electrons. The largest absolute Gasteiger partial charge is 0.325 e. The highest BCUT2D eigenvalue weighted by Gasteiger charge is 1.96. The Labute approximate surface area is 88.8 Å². The van der Waals surface area contributed by atoms with E-state index in [0.29, 0.717) is 10.7 Å². The summed E-state index contributed by atoms with van der Waals surface area (Å²) in [5.74, 6) is 0.715. The van der Waals surface area contributed by atoms with Crippen LogP contribution in [0.3, 0.4) is 0 Å². The van der Waals surface area contributed by atoms with Gasteiger partial charge in [0, 0.05) is 18.8 Å². The zero-order valence-electron chi connectivity index (χ0n) is 8.62. The number of aromatic amines is 1. The van der Waals surface area contributed by atoms with Gasteiger partial charge in [-0.1, -0.05) is 13.8 Å². The zero-order chi connectivity index (χ0) is 10.6. The van der Waals surface area contributed by atoms with Gasteiger partial charge in [0.2, 0.25) is 0 Å². The van der Waals surface area contributed by atoms with Gasteiger partial charge in [0.05, 0.1) is 0 Å². The van der Waals surface area contributed by atoms with Gasteiger partial charge < -0.3 is 4.57 Å². The predicted molar refractivity (Wildman–Crippen MR) is 60.0 cm³/mol. The number of nitrogens with one attached hydrogen (secondary N) is 1. The number of aryl methyl sites for hydroxylation is 1. The van der Waals surface area contributed by atoms with Crippen LogP contribution in [-0.2, 0) is 6.54 Å². The lowest BCUT2D eigenvalue weighted by atomic mass is 10.1. The molecule has 0 saturated heterocycles. The van der Waals surface area contributed by atoms with Gasteiger partial charge in [-0.2, -0.15) is 0 Å². The summed E-state index contributed by atoms with van der Waals surface area (Å²) in [6, 6.07) is 1.51. The topological polar surface area (TPSA) is 37.8 Å². The van der Waals surface area contributed by atoms with Crippen LogP contribution in [0.5, 0.6) is 0 Å². The molecule has 14 heavy (non-hydrogen) atoms. The first-order chi connectivity index (χ1) is 6.59. The molecule has 0 fully saturated rings. The molecule has 0 amide bonds. The van der Waals surface area contributed by atoms with Crippen molar-refractivity contribution in [2.75, 3.05) is 0 Å². The molecule has 78 valence electrons. The zero-order valence-corrected chi connectivity index (χ0v) is 9.43. The van der Waals surface area contributed by atoms with Crippen molar-refractivity contribution in [1.82, 2.24) is 9.55 Å². The van der Waals surface area contributed by atoms with Gasteiger partial charge in [0.15, 0.2) is 4.77 Å². The lowest BCUT2D eigenvalue weighted by Gasteiger charge is -2.07. The van der Waals surface area contributed by atoms with Crippen LogP contribution in [-0.4, -0.2) is 9.55 Å². The average Bonchev–Trinajstić information content (AvgIpc) is 2.08. The van der Waals surface area contributed by atoms with Crippen molar-refractivity contribution >= 4 is 12.2 Å². The molecular weight excluding hydrogens is 196 g/mol. The SMILES string of the molecule is CC(C)CCCn1ccc(=O)[nH]c1=S. The summed E-state index contributed by atoms with van der Waals surface area (Å²) >= 11 is 5.03. The van der Waals surface area contributed by atoms with Crippen LogP contribution >= 0.6 is 12.2 Å². The first kappa shape index (κ1) is 11.2. The predicted octanol–water partition coefficient (Wildman–Crippen LogP) is 2.34. The molecule has 0 spiro atoms. The summed E-state index contributed by atoms with van der Waals surface area (Å²) in [7, 11) is 0. The Hall–Kier alpha value is -0.900. The molecule has 0 atom stereocenters. The Morgan fingerprint density at radius 2 is 2.29 bits per heavy atom. The van der Waals surface area contributed by atoms with Crippen LogP contribution in [0.4, 0.5) is 0 Å². The standard InChI is InChI=1S/C10H16N2OS/c1-8(2)4-3-6-12-7-5-9(13)11-10(12)14/h5,7-8H,3-4,6H2,1-2H3,(H,11,13,14). The first-order valence-electron chi connectivity index (χ1n) is 4.89. The number of aromatic nitrogens is 2. The Bertz CT molecular complexity index is 392. The maximum absolute atomic E-state index is 10.9. The number of rotatable bonds is 4. The van der Waals surface area contributed by atoms with Crippen molar-refractivity contribution in [3.63, 3.8) is 0 Å². The second-order valence-corrected chi connectivity index (χ2v) is 4.23. The second-order valence-electron chi connectivity index (χ2n) is 3.84. The van der Waals surface area contributed by atoms with Gasteiger partial charge in [0.1, 0.15) is 0 Å². The maximum atomic E-state index is 10.9. The summed E-state index contributed by atoms with van der Waals surface area (Å²) in [4.78, 5) is 13.5. The highest BCUT2D eigenvalue weighted by Crippen LogP contribution is 2.04. The first-order valence-corrected chi connectivity index (χ1v) is 5.30. The Morgan fingerprint density at radius 1 is 1.57 bits per heavy atom. The summed E-state index contributed by atoms with van der Waals surface area (Å²) < 4.78 is 2.42. The maximum Gasteiger partial charge on any atom is 0.251 e. The number of hydrogen-bond donors (Lipinski definition) is 1. The van der Waals surface area contributed by atoms with E-state index in [2.05, 4.69) is 18.8 Å². The minimum absolute atomic E-state index is 0.130. The molecule has 0 aliphatic carbocycles. The van der Waals surface area contributed by atoms with E-state index in [4.69, 9.17) is 12.2 Å². The van der Waals surface area contributed by atoms with Crippen molar-refractivity contribution in [3.8, 4) is 0 Å². The fourth-order valence-electron chi connectivity index (χ4n) is 1.29. The smallest absolute Gasteiger partial charge is 0.251 e. The van der Waals surface area contributed by atoms with Gasteiger partial charge in [-0.3, -0.25) is 9.78 Å².